The number of amides is 1. The molecule has 1 aromatic rings. The van der Waals surface area contributed by atoms with Gasteiger partial charge in [-0.3, -0.25) is 4.79 Å². The fourth-order valence-electron chi connectivity index (χ4n) is 2.71. The van der Waals surface area contributed by atoms with E-state index in [2.05, 4.69) is 71.1 Å². The second-order valence-corrected chi connectivity index (χ2v) is 8.75. The highest BCUT2D eigenvalue weighted by Gasteiger charge is 2.26. The number of thioether (sulfide) groups is 1. The van der Waals surface area contributed by atoms with Crippen molar-refractivity contribution in [3.63, 3.8) is 0 Å². The lowest BCUT2D eigenvalue weighted by molar-refractivity contribution is -0.122. The van der Waals surface area contributed by atoms with Gasteiger partial charge in [-0.05, 0) is 44.7 Å². The monoisotopic (exact) mass is 307 g/mol. The highest BCUT2D eigenvalue weighted by molar-refractivity contribution is 7.99. The number of hydrogen-bond donors (Lipinski definition) is 1. The summed E-state index contributed by atoms with van der Waals surface area (Å²) in [5, 5.41) is 3.16. The van der Waals surface area contributed by atoms with Gasteiger partial charge >= 0.3 is 0 Å². The number of carbonyl (C=O) groups is 1. The number of rotatable bonds is 6. The molecule has 1 N–H and O–H groups in total. The summed E-state index contributed by atoms with van der Waals surface area (Å²) in [7, 11) is 0. The van der Waals surface area contributed by atoms with Gasteiger partial charge < -0.3 is 5.32 Å². The van der Waals surface area contributed by atoms with Gasteiger partial charge in [0.05, 0.1) is 0 Å². The molecule has 0 saturated heterocycles. The Morgan fingerprint density at radius 2 is 1.67 bits per heavy atom. The quantitative estimate of drug-likeness (QED) is 0.764. The molecular formula is C18H29NOS. The number of hydrogen-bond acceptors (Lipinski definition) is 2. The Morgan fingerprint density at radius 3 is 2.19 bits per heavy atom. The molecule has 0 radical (unpaired) electrons. The minimum atomic E-state index is -0.149. The van der Waals surface area contributed by atoms with Gasteiger partial charge in [0.1, 0.15) is 0 Å². The SMILES string of the molecule is Cc1ccc(SCCC(=O)NC(C)(C)CC(C)(C)C)cc1. The molecule has 0 spiro atoms. The molecule has 0 aliphatic heterocycles. The highest BCUT2D eigenvalue weighted by Crippen LogP contribution is 2.27. The lowest BCUT2D eigenvalue weighted by Gasteiger charge is -2.33. The molecule has 2 nitrogen and oxygen atoms in total. The van der Waals surface area contributed by atoms with Gasteiger partial charge in [0.2, 0.25) is 5.91 Å². The van der Waals surface area contributed by atoms with Crippen LogP contribution in [0.25, 0.3) is 0 Å². The largest absolute Gasteiger partial charge is 0.351 e. The molecule has 0 atom stereocenters. The molecular weight excluding hydrogens is 278 g/mol. The molecule has 0 aliphatic carbocycles. The van der Waals surface area contributed by atoms with Crippen molar-refractivity contribution < 1.29 is 4.79 Å². The van der Waals surface area contributed by atoms with Crippen LogP contribution < -0.4 is 5.32 Å². The smallest absolute Gasteiger partial charge is 0.221 e. The van der Waals surface area contributed by atoms with Crippen molar-refractivity contribution in [1.82, 2.24) is 5.32 Å². The molecule has 0 saturated carbocycles. The third-order valence-corrected chi connectivity index (χ3v) is 4.08. The molecule has 0 unspecified atom stereocenters. The van der Waals surface area contributed by atoms with E-state index in [-0.39, 0.29) is 16.9 Å². The predicted molar refractivity (Wildman–Crippen MR) is 92.8 cm³/mol. The van der Waals surface area contributed by atoms with Crippen LogP contribution in [0.3, 0.4) is 0 Å². The van der Waals surface area contributed by atoms with Crippen molar-refractivity contribution in [2.45, 2.75) is 64.8 Å². The summed E-state index contributed by atoms with van der Waals surface area (Å²) in [6, 6.07) is 8.44. The molecule has 0 fully saturated rings. The van der Waals surface area contributed by atoms with Crippen molar-refractivity contribution in [1.29, 1.82) is 0 Å². The first-order chi connectivity index (χ1) is 9.57. The third kappa shape index (κ3) is 8.15. The Kier molecular flexibility index (Phi) is 6.33. The summed E-state index contributed by atoms with van der Waals surface area (Å²) < 4.78 is 0. The van der Waals surface area contributed by atoms with Gasteiger partial charge in [-0.15, -0.1) is 11.8 Å². The number of nitrogens with one attached hydrogen (secondary N) is 1. The van der Waals surface area contributed by atoms with E-state index >= 15 is 0 Å². The Morgan fingerprint density at radius 1 is 1.10 bits per heavy atom. The van der Waals surface area contributed by atoms with Gasteiger partial charge in [-0.25, -0.2) is 0 Å². The Balaban J connectivity index is 2.35. The molecule has 0 aliphatic rings. The lowest BCUT2D eigenvalue weighted by Crippen LogP contribution is -2.45. The predicted octanol–water partition coefficient (Wildman–Crippen LogP) is 4.81. The fourth-order valence-corrected chi connectivity index (χ4v) is 3.56. The van der Waals surface area contributed by atoms with E-state index in [9.17, 15) is 4.79 Å². The Bertz CT molecular complexity index is 457. The maximum Gasteiger partial charge on any atom is 0.221 e. The molecule has 0 heterocycles. The highest BCUT2D eigenvalue weighted by atomic mass is 32.2. The summed E-state index contributed by atoms with van der Waals surface area (Å²) >= 11 is 1.74. The minimum absolute atomic E-state index is 0.142. The summed E-state index contributed by atoms with van der Waals surface area (Å²) in [6.07, 6.45) is 1.53. The summed E-state index contributed by atoms with van der Waals surface area (Å²) in [6.45, 7) is 12.9. The van der Waals surface area contributed by atoms with E-state index in [0.29, 0.717) is 6.42 Å². The van der Waals surface area contributed by atoms with E-state index in [0.717, 1.165) is 12.2 Å². The first-order valence-corrected chi connectivity index (χ1v) is 8.56. The van der Waals surface area contributed by atoms with Crippen molar-refractivity contribution in [3.8, 4) is 0 Å². The van der Waals surface area contributed by atoms with Crippen LogP contribution in [0.15, 0.2) is 29.2 Å². The van der Waals surface area contributed by atoms with Gasteiger partial charge in [0.15, 0.2) is 0 Å². The zero-order valence-electron chi connectivity index (χ0n) is 14.2. The molecule has 118 valence electrons. The van der Waals surface area contributed by atoms with Crippen molar-refractivity contribution in [2.24, 2.45) is 5.41 Å². The van der Waals surface area contributed by atoms with Crippen LogP contribution in [-0.2, 0) is 4.79 Å². The van der Waals surface area contributed by atoms with E-state index in [1.165, 1.54) is 10.5 Å². The van der Waals surface area contributed by atoms with E-state index in [1.54, 1.807) is 11.8 Å². The van der Waals surface area contributed by atoms with Crippen LogP contribution in [0.2, 0.25) is 0 Å². The second kappa shape index (κ2) is 7.35. The minimum Gasteiger partial charge on any atom is -0.351 e. The third-order valence-electron chi connectivity index (χ3n) is 3.07. The maximum atomic E-state index is 12.1. The molecule has 21 heavy (non-hydrogen) atoms. The van der Waals surface area contributed by atoms with Crippen LogP contribution in [0.4, 0.5) is 0 Å². The zero-order valence-corrected chi connectivity index (χ0v) is 15.1. The topological polar surface area (TPSA) is 29.1 Å². The first kappa shape index (κ1) is 18.1. The fraction of sp³-hybridized carbons (Fsp3) is 0.611. The Hall–Kier alpha value is -0.960. The van der Waals surface area contributed by atoms with E-state index in [1.807, 2.05) is 0 Å². The van der Waals surface area contributed by atoms with E-state index < -0.39 is 0 Å². The van der Waals surface area contributed by atoms with Crippen LogP contribution in [0.1, 0.15) is 53.0 Å². The van der Waals surface area contributed by atoms with Crippen LogP contribution in [0, 0.1) is 12.3 Å². The van der Waals surface area contributed by atoms with Crippen molar-refractivity contribution in [2.75, 3.05) is 5.75 Å². The molecule has 1 rings (SSSR count). The van der Waals surface area contributed by atoms with Gasteiger partial charge in [-0.2, -0.15) is 0 Å². The van der Waals surface area contributed by atoms with Crippen molar-refractivity contribution in [3.05, 3.63) is 29.8 Å². The number of carbonyl (C=O) groups excluding carboxylic acids is 1. The summed E-state index contributed by atoms with van der Waals surface area (Å²) in [5.41, 5.74) is 1.33. The molecule has 1 amide bonds. The van der Waals surface area contributed by atoms with E-state index in [4.69, 9.17) is 0 Å². The van der Waals surface area contributed by atoms with Crippen LogP contribution in [-0.4, -0.2) is 17.2 Å². The average molecular weight is 308 g/mol. The molecule has 0 aromatic heterocycles. The van der Waals surface area contributed by atoms with Crippen LogP contribution >= 0.6 is 11.8 Å². The number of benzene rings is 1. The lowest BCUT2D eigenvalue weighted by atomic mass is 9.82. The van der Waals surface area contributed by atoms with Gasteiger partial charge in [0.25, 0.3) is 0 Å². The van der Waals surface area contributed by atoms with Gasteiger partial charge in [-0.1, -0.05) is 38.5 Å². The second-order valence-electron chi connectivity index (χ2n) is 7.58. The molecule has 0 bridgehead atoms. The Labute approximate surface area is 134 Å². The van der Waals surface area contributed by atoms with Gasteiger partial charge in [0, 0.05) is 22.6 Å². The molecule has 1 aromatic carbocycles. The first-order valence-electron chi connectivity index (χ1n) is 7.58. The summed E-state index contributed by atoms with van der Waals surface area (Å²) in [5.74, 6) is 0.962. The average Bonchev–Trinajstić information content (AvgIpc) is 2.27. The normalized spacial score (nSPS) is 12.3. The maximum absolute atomic E-state index is 12.1. The summed E-state index contributed by atoms with van der Waals surface area (Å²) in [4.78, 5) is 13.3. The standard InChI is InChI=1S/C18H29NOS/c1-14-7-9-15(10-8-14)21-12-11-16(20)19-18(5,6)13-17(2,3)4/h7-10H,11-13H2,1-6H3,(H,19,20). The van der Waals surface area contributed by atoms with Crippen molar-refractivity contribution >= 4 is 17.7 Å². The number of aryl methyl sites for hydroxylation is 1. The van der Waals surface area contributed by atoms with Crippen LogP contribution in [0.5, 0.6) is 0 Å². The molecule has 3 heteroatoms. The zero-order chi connectivity index (χ0) is 16.1.